The lowest BCUT2D eigenvalue weighted by molar-refractivity contribution is 0.603. The summed E-state index contributed by atoms with van der Waals surface area (Å²) in [6, 6.07) is 10.7. The van der Waals surface area contributed by atoms with Crippen molar-refractivity contribution in [1.29, 1.82) is 0 Å². The van der Waals surface area contributed by atoms with Crippen molar-refractivity contribution < 1.29 is 8.42 Å². The quantitative estimate of drug-likeness (QED) is 0.657. The van der Waals surface area contributed by atoms with E-state index in [-0.39, 0.29) is 4.21 Å². The van der Waals surface area contributed by atoms with Gasteiger partial charge in [0, 0.05) is 11.2 Å². The van der Waals surface area contributed by atoms with Crippen molar-refractivity contribution in [3.05, 3.63) is 63.2 Å². The van der Waals surface area contributed by atoms with Crippen molar-refractivity contribution >= 4 is 54.6 Å². The minimum atomic E-state index is -3.59. The molecule has 0 saturated heterocycles. The molecule has 9 heteroatoms. The molecule has 0 atom stereocenters. The maximum atomic E-state index is 12.2. The lowest BCUT2D eigenvalue weighted by atomic mass is 10.2. The predicted octanol–water partition coefficient (Wildman–Crippen LogP) is 4.21. The van der Waals surface area contributed by atoms with Crippen LogP contribution in [0.5, 0.6) is 0 Å². The molecule has 3 rings (SSSR count). The summed E-state index contributed by atoms with van der Waals surface area (Å²) in [6.07, 6.45) is 3.13. The highest BCUT2D eigenvalue weighted by atomic mass is 79.9. The first-order chi connectivity index (χ1) is 10.9. The Morgan fingerprint density at radius 1 is 1.22 bits per heavy atom. The molecule has 0 aliphatic rings. The van der Waals surface area contributed by atoms with E-state index in [1.807, 2.05) is 12.1 Å². The molecule has 0 bridgehead atoms. The monoisotopic (exact) mass is 431 g/mol. The van der Waals surface area contributed by atoms with Gasteiger partial charge in [-0.05, 0) is 45.8 Å². The first kappa shape index (κ1) is 16.5. The summed E-state index contributed by atoms with van der Waals surface area (Å²) >= 11 is 10.3. The molecule has 0 amide bonds. The maximum absolute atomic E-state index is 12.2. The number of nitrogens with zero attached hydrogens (tertiary/aromatic N) is 2. The molecular weight excluding hydrogens is 422 g/mol. The molecular formula is C14H11BrClN3O2S2. The van der Waals surface area contributed by atoms with Crippen molar-refractivity contribution in [3.63, 3.8) is 0 Å². The number of halogens is 2. The molecule has 0 aliphatic heterocycles. The molecule has 5 nitrogen and oxygen atoms in total. The van der Waals surface area contributed by atoms with Crippen LogP contribution in [-0.2, 0) is 16.6 Å². The van der Waals surface area contributed by atoms with Gasteiger partial charge in [-0.2, -0.15) is 5.10 Å². The van der Waals surface area contributed by atoms with Crippen molar-refractivity contribution in [1.82, 2.24) is 9.78 Å². The number of aromatic nitrogens is 2. The number of rotatable bonds is 5. The van der Waals surface area contributed by atoms with Gasteiger partial charge in [0.1, 0.15) is 4.21 Å². The Labute approximate surface area is 151 Å². The summed E-state index contributed by atoms with van der Waals surface area (Å²) in [5.41, 5.74) is 1.44. The zero-order valence-corrected chi connectivity index (χ0v) is 15.6. The molecule has 0 fully saturated rings. The average molecular weight is 433 g/mol. The van der Waals surface area contributed by atoms with Crippen molar-refractivity contribution in [3.8, 4) is 0 Å². The number of anilines is 1. The normalized spacial score (nSPS) is 11.6. The number of sulfonamides is 1. The number of nitrogens with one attached hydrogen (secondary N) is 1. The van der Waals surface area contributed by atoms with E-state index in [0.29, 0.717) is 17.3 Å². The Bertz CT molecular complexity index is 920. The van der Waals surface area contributed by atoms with Crippen LogP contribution >= 0.6 is 38.9 Å². The lowest BCUT2D eigenvalue weighted by Gasteiger charge is -2.03. The highest BCUT2D eigenvalue weighted by Gasteiger charge is 2.17. The van der Waals surface area contributed by atoms with Gasteiger partial charge in [0.05, 0.1) is 22.2 Å². The molecule has 120 valence electrons. The van der Waals surface area contributed by atoms with Gasteiger partial charge < -0.3 is 0 Å². The van der Waals surface area contributed by atoms with Crippen LogP contribution in [0.3, 0.4) is 0 Å². The fourth-order valence-electron chi connectivity index (χ4n) is 1.93. The molecule has 0 aliphatic carbocycles. The number of hydrogen-bond donors (Lipinski definition) is 1. The largest absolute Gasteiger partial charge is 0.276 e. The SMILES string of the molecule is O=S(=O)(Nc1cnn(Cc2ccc(Cl)cc2)c1)c1ccc(Br)s1. The summed E-state index contributed by atoms with van der Waals surface area (Å²) in [6.45, 7) is 0.531. The van der Waals surface area contributed by atoms with Gasteiger partial charge in [-0.1, -0.05) is 23.7 Å². The third kappa shape index (κ3) is 4.14. The molecule has 3 aromatic rings. The van der Waals surface area contributed by atoms with Crippen LogP contribution in [0.1, 0.15) is 5.56 Å². The van der Waals surface area contributed by atoms with Crippen LogP contribution in [0.4, 0.5) is 5.69 Å². The Hall–Kier alpha value is -1.35. The fourth-order valence-corrected chi connectivity index (χ4v) is 5.09. The minimum absolute atomic E-state index is 0.245. The number of thiophene rings is 1. The molecule has 2 aromatic heterocycles. The summed E-state index contributed by atoms with van der Waals surface area (Å²) < 4.78 is 29.7. The lowest BCUT2D eigenvalue weighted by Crippen LogP contribution is -2.10. The molecule has 0 unspecified atom stereocenters. The topological polar surface area (TPSA) is 64.0 Å². The second kappa shape index (κ2) is 6.64. The van der Waals surface area contributed by atoms with Crippen LogP contribution in [0.25, 0.3) is 0 Å². The highest BCUT2D eigenvalue weighted by Crippen LogP contribution is 2.27. The Morgan fingerprint density at radius 3 is 2.61 bits per heavy atom. The molecule has 0 saturated carbocycles. The second-order valence-corrected chi connectivity index (χ2v) is 9.53. The zero-order valence-electron chi connectivity index (χ0n) is 11.6. The molecule has 1 aromatic carbocycles. The van der Waals surface area contributed by atoms with Crippen molar-refractivity contribution in [2.24, 2.45) is 0 Å². The van der Waals surface area contributed by atoms with Crippen LogP contribution in [0, 0.1) is 0 Å². The maximum Gasteiger partial charge on any atom is 0.271 e. The third-order valence-corrected chi connectivity index (χ3v) is 6.71. The molecule has 0 radical (unpaired) electrons. The van der Waals surface area contributed by atoms with E-state index in [0.717, 1.165) is 20.7 Å². The number of benzene rings is 1. The van der Waals surface area contributed by atoms with E-state index >= 15 is 0 Å². The first-order valence-electron chi connectivity index (χ1n) is 6.47. The molecule has 0 spiro atoms. The van der Waals surface area contributed by atoms with E-state index in [2.05, 4.69) is 25.8 Å². The van der Waals surface area contributed by atoms with E-state index in [4.69, 9.17) is 11.6 Å². The van der Waals surface area contributed by atoms with Crippen LogP contribution in [0.2, 0.25) is 5.02 Å². The molecule has 2 heterocycles. The van der Waals surface area contributed by atoms with Crippen molar-refractivity contribution in [2.75, 3.05) is 4.72 Å². The average Bonchev–Trinajstić information content (AvgIpc) is 3.11. The summed E-state index contributed by atoms with van der Waals surface area (Å²) in [7, 11) is -3.59. The van der Waals surface area contributed by atoms with E-state index in [1.54, 1.807) is 35.1 Å². The third-order valence-electron chi connectivity index (χ3n) is 2.96. The summed E-state index contributed by atoms with van der Waals surface area (Å²) in [4.78, 5) is 0. The molecule has 1 N–H and O–H groups in total. The standard InChI is InChI=1S/C14H11BrClN3O2S2/c15-13-5-6-14(22-13)23(20,21)18-12-7-17-19(9-12)8-10-1-3-11(16)4-2-10/h1-7,9,18H,8H2. The summed E-state index contributed by atoms with van der Waals surface area (Å²) in [5.74, 6) is 0. The smallest absolute Gasteiger partial charge is 0.271 e. The molecule has 23 heavy (non-hydrogen) atoms. The van der Waals surface area contributed by atoms with E-state index in [1.165, 1.54) is 6.20 Å². The van der Waals surface area contributed by atoms with Gasteiger partial charge in [-0.25, -0.2) is 8.42 Å². The van der Waals surface area contributed by atoms with Gasteiger partial charge in [0.2, 0.25) is 0 Å². The van der Waals surface area contributed by atoms with E-state index in [9.17, 15) is 8.42 Å². The van der Waals surface area contributed by atoms with Crippen LogP contribution in [0.15, 0.2) is 56.8 Å². The Kier molecular flexibility index (Phi) is 4.77. The Morgan fingerprint density at radius 2 is 1.96 bits per heavy atom. The van der Waals surface area contributed by atoms with E-state index < -0.39 is 10.0 Å². The highest BCUT2D eigenvalue weighted by molar-refractivity contribution is 9.11. The fraction of sp³-hybridized carbons (Fsp3) is 0.0714. The Balaban J connectivity index is 1.73. The van der Waals surface area contributed by atoms with Crippen LogP contribution in [-0.4, -0.2) is 18.2 Å². The minimum Gasteiger partial charge on any atom is -0.276 e. The van der Waals surface area contributed by atoms with Crippen molar-refractivity contribution in [2.45, 2.75) is 10.8 Å². The number of hydrogen-bond acceptors (Lipinski definition) is 4. The summed E-state index contributed by atoms with van der Waals surface area (Å²) in [5, 5.41) is 4.84. The van der Waals surface area contributed by atoms with Gasteiger partial charge in [-0.15, -0.1) is 11.3 Å². The first-order valence-corrected chi connectivity index (χ1v) is 9.94. The van der Waals surface area contributed by atoms with Gasteiger partial charge in [0.15, 0.2) is 0 Å². The van der Waals surface area contributed by atoms with Gasteiger partial charge in [0.25, 0.3) is 10.0 Å². The predicted molar refractivity (Wildman–Crippen MR) is 95.6 cm³/mol. The van der Waals surface area contributed by atoms with Gasteiger partial charge >= 0.3 is 0 Å². The zero-order chi connectivity index (χ0) is 16.4. The second-order valence-electron chi connectivity index (χ2n) is 4.72. The van der Waals surface area contributed by atoms with Crippen LogP contribution < -0.4 is 4.72 Å². The van der Waals surface area contributed by atoms with Gasteiger partial charge in [-0.3, -0.25) is 9.40 Å².